The minimum atomic E-state index is -0.280. The van der Waals surface area contributed by atoms with Crippen LogP contribution in [0.15, 0.2) is 22.8 Å². The number of carbonyl (C=O) groups is 2. The van der Waals surface area contributed by atoms with Crippen LogP contribution < -0.4 is 5.73 Å². The molecule has 2 heterocycles. The number of ketones is 1. The number of primary amides is 1. The molecule has 0 saturated carbocycles. The molecule has 1 aromatic rings. The number of Topliss-reactive ketones (excluding diaryl/α,β-unsaturated/α-hetero) is 1. The van der Waals surface area contributed by atoms with Crippen molar-refractivity contribution >= 4 is 11.7 Å². The zero-order valence-electron chi connectivity index (χ0n) is 10.5. The van der Waals surface area contributed by atoms with Crippen molar-refractivity contribution in [1.29, 1.82) is 0 Å². The summed E-state index contributed by atoms with van der Waals surface area (Å²) in [6, 6.07) is 3.64. The minimum Gasteiger partial charge on any atom is -0.461 e. The van der Waals surface area contributed by atoms with Crippen molar-refractivity contribution in [2.75, 3.05) is 13.1 Å². The van der Waals surface area contributed by atoms with E-state index in [2.05, 4.69) is 6.92 Å². The van der Waals surface area contributed by atoms with E-state index < -0.39 is 0 Å². The van der Waals surface area contributed by atoms with Crippen molar-refractivity contribution in [3.63, 3.8) is 0 Å². The van der Waals surface area contributed by atoms with Crippen LogP contribution >= 0.6 is 0 Å². The molecule has 1 saturated heterocycles. The second kappa shape index (κ2) is 5.35. The standard InChI is InChI=1S/C13H18N2O3/c1-9-4-5-10(13(14)17)7-15(9)8-11(16)12-3-2-6-18-12/h2-3,6,9-10H,4-5,7-8H2,1H3,(H2,14,17). The van der Waals surface area contributed by atoms with Crippen LogP contribution in [-0.4, -0.2) is 35.7 Å². The highest BCUT2D eigenvalue weighted by atomic mass is 16.3. The lowest BCUT2D eigenvalue weighted by atomic mass is 9.92. The Balaban J connectivity index is 1.98. The molecule has 1 aromatic heterocycles. The third kappa shape index (κ3) is 2.79. The summed E-state index contributed by atoms with van der Waals surface area (Å²) in [5.74, 6) is -0.122. The van der Waals surface area contributed by atoms with Crippen molar-refractivity contribution < 1.29 is 14.0 Å². The molecule has 98 valence electrons. The SMILES string of the molecule is CC1CCC(C(N)=O)CN1CC(=O)c1ccco1. The summed E-state index contributed by atoms with van der Waals surface area (Å²) >= 11 is 0. The highest BCUT2D eigenvalue weighted by molar-refractivity contribution is 5.95. The van der Waals surface area contributed by atoms with Gasteiger partial charge in [-0.3, -0.25) is 14.5 Å². The van der Waals surface area contributed by atoms with E-state index in [1.807, 2.05) is 4.90 Å². The van der Waals surface area contributed by atoms with Crippen LogP contribution in [0.5, 0.6) is 0 Å². The van der Waals surface area contributed by atoms with E-state index in [0.29, 0.717) is 18.3 Å². The number of hydrogen-bond donors (Lipinski definition) is 1. The summed E-state index contributed by atoms with van der Waals surface area (Å²) in [4.78, 5) is 25.2. The molecule has 5 nitrogen and oxygen atoms in total. The molecule has 18 heavy (non-hydrogen) atoms. The summed E-state index contributed by atoms with van der Waals surface area (Å²) < 4.78 is 5.08. The van der Waals surface area contributed by atoms with Gasteiger partial charge in [-0.25, -0.2) is 0 Å². The smallest absolute Gasteiger partial charge is 0.221 e. The molecule has 0 spiro atoms. The van der Waals surface area contributed by atoms with Crippen molar-refractivity contribution in [2.45, 2.75) is 25.8 Å². The van der Waals surface area contributed by atoms with Gasteiger partial charge in [0.05, 0.1) is 18.7 Å². The first-order valence-electron chi connectivity index (χ1n) is 6.18. The van der Waals surface area contributed by atoms with Crippen LogP contribution in [0.4, 0.5) is 0 Å². The third-order valence-electron chi connectivity index (χ3n) is 3.56. The van der Waals surface area contributed by atoms with Gasteiger partial charge in [-0.15, -0.1) is 0 Å². The lowest BCUT2D eigenvalue weighted by Gasteiger charge is -2.36. The number of amides is 1. The minimum absolute atomic E-state index is 0.0584. The Kier molecular flexibility index (Phi) is 3.81. The van der Waals surface area contributed by atoms with Gasteiger partial charge in [-0.1, -0.05) is 0 Å². The highest BCUT2D eigenvalue weighted by Gasteiger charge is 2.30. The van der Waals surface area contributed by atoms with Crippen LogP contribution in [0.3, 0.4) is 0 Å². The first-order valence-corrected chi connectivity index (χ1v) is 6.18. The lowest BCUT2D eigenvalue weighted by molar-refractivity contribution is -0.123. The van der Waals surface area contributed by atoms with Gasteiger partial charge < -0.3 is 10.2 Å². The first-order chi connectivity index (χ1) is 8.58. The Morgan fingerprint density at radius 2 is 2.28 bits per heavy atom. The summed E-state index contributed by atoms with van der Waals surface area (Å²) in [7, 11) is 0. The van der Waals surface area contributed by atoms with Crippen molar-refractivity contribution in [3.05, 3.63) is 24.2 Å². The molecule has 2 rings (SSSR count). The number of likely N-dealkylation sites (tertiary alicyclic amines) is 1. The van der Waals surface area contributed by atoms with E-state index in [0.717, 1.165) is 12.8 Å². The fourth-order valence-electron chi connectivity index (χ4n) is 2.33. The number of nitrogens with two attached hydrogens (primary N) is 1. The van der Waals surface area contributed by atoms with Crippen molar-refractivity contribution in [1.82, 2.24) is 4.90 Å². The molecule has 2 N–H and O–H groups in total. The summed E-state index contributed by atoms with van der Waals surface area (Å²) in [5, 5.41) is 0. The maximum absolute atomic E-state index is 11.9. The van der Waals surface area contributed by atoms with Gasteiger partial charge in [0.25, 0.3) is 0 Å². The molecule has 0 radical (unpaired) electrons. The van der Waals surface area contributed by atoms with E-state index in [1.165, 1.54) is 6.26 Å². The number of furan rings is 1. The Hall–Kier alpha value is -1.62. The van der Waals surface area contributed by atoms with Gasteiger partial charge in [0.15, 0.2) is 5.76 Å². The van der Waals surface area contributed by atoms with Gasteiger partial charge in [-0.2, -0.15) is 0 Å². The van der Waals surface area contributed by atoms with Crippen LogP contribution in [0.2, 0.25) is 0 Å². The van der Waals surface area contributed by atoms with Gasteiger partial charge in [-0.05, 0) is 31.9 Å². The number of nitrogens with zero attached hydrogens (tertiary/aromatic N) is 1. The fourth-order valence-corrected chi connectivity index (χ4v) is 2.33. The molecular formula is C13H18N2O3. The van der Waals surface area contributed by atoms with Gasteiger partial charge in [0.1, 0.15) is 0 Å². The van der Waals surface area contributed by atoms with E-state index >= 15 is 0 Å². The molecule has 0 aromatic carbocycles. The van der Waals surface area contributed by atoms with Gasteiger partial charge >= 0.3 is 0 Å². The number of hydrogen-bond acceptors (Lipinski definition) is 4. The molecule has 1 aliphatic rings. The Bertz CT molecular complexity index is 427. The molecule has 1 fully saturated rings. The Morgan fingerprint density at radius 1 is 1.50 bits per heavy atom. The average molecular weight is 250 g/mol. The monoisotopic (exact) mass is 250 g/mol. The molecule has 1 aliphatic heterocycles. The molecule has 0 bridgehead atoms. The zero-order chi connectivity index (χ0) is 13.1. The molecular weight excluding hydrogens is 232 g/mol. The van der Waals surface area contributed by atoms with Crippen molar-refractivity contribution in [2.24, 2.45) is 11.7 Å². The molecule has 0 aliphatic carbocycles. The number of carbonyl (C=O) groups excluding carboxylic acids is 2. The normalized spacial score (nSPS) is 24.9. The van der Waals surface area contributed by atoms with E-state index in [9.17, 15) is 9.59 Å². The molecule has 1 amide bonds. The molecule has 5 heteroatoms. The van der Waals surface area contributed by atoms with Crippen LogP contribution in [0.25, 0.3) is 0 Å². The van der Waals surface area contributed by atoms with E-state index in [-0.39, 0.29) is 24.2 Å². The summed E-state index contributed by atoms with van der Waals surface area (Å²) in [5.41, 5.74) is 5.33. The predicted octanol–water partition coefficient (Wildman–Crippen LogP) is 1.05. The van der Waals surface area contributed by atoms with Crippen LogP contribution in [0, 0.1) is 5.92 Å². The second-order valence-electron chi connectivity index (χ2n) is 4.86. The maximum Gasteiger partial charge on any atom is 0.221 e. The van der Waals surface area contributed by atoms with Gasteiger partial charge in [0.2, 0.25) is 11.7 Å². The topological polar surface area (TPSA) is 76.5 Å². The predicted molar refractivity (Wildman–Crippen MR) is 66.0 cm³/mol. The number of rotatable bonds is 4. The average Bonchev–Trinajstić information content (AvgIpc) is 2.85. The highest BCUT2D eigenvalue weighted by Crippen LogP contribution is 2.21. The van der Waals surface area contributed by atoms with Gasteiger partial charge in [0, 0.05) is 12.6 Å². The Labute approximate surface area is 106 Å². The first kappa shape index (κ1) is 12.8. The zero-order valence-corrected chi connectivity index (χ0v) is 10.5. The summed E-state index contributed by atoms with van der Waals surface area (Å²) in [6.07, 6.45) is 3.18. The molecule has 2 unspecified atom stereocenters. The number of piperidine rings is 1. The second-order valence-corrected chi connectivity index (χ2v) is 4.86. The van der Waals surface area contributed by atoms with Crippen molar-refractivity contribution in [3.8, 4) is 0 Å². The molecule has 2 atom stereocenters. The van der Waals surface area contributed by atoms with E-state index in [1.54, 1.807) is 12.1 Å². The quantitative estimate of drug-likeness (QED) is 0.810. The van der Waals surface area contributed by atoms with E-state index in [4.69, 9.17) is 10.2 Å². The van der Waals surface area contributed by atoms with Crippen LogP contribution in [0.1, 0.15) is 30.3 Å². The van der Waals surface area contributed by atoms with Crippen LogP contribution in [-0.2, 0) is 4.79 Å². The largest absolute Gasteiger partial charge is 0.461 e. The summed E-state index contributed by atoms with van der Waals surface area (Å²) in [6.45, 7) is 2.90. The third-order valence-corrected chi connectivity index (χ3v) is 3.56. The lowest BCUT2D eigenvalue weighted by Crippen LogP contribution is -2.47. The maximum atomic E-state index is 11.9. The Morgan fingerprint density at radius 3 is 2.89 bits per heavy atom. The fraction of sp³-hybridized carbons (Fsp3) is 0.538.